The average molecular weight is 413 g/mol. The second kappa shape index (κ2) is 10.5. The Morgan fingerprint density at radius 1 is 1.03 bits per heavy atom. The van der Waals surface area contributed by atoms with E-state index in [4.69, 9.17) is 14.2 Å². The molecule has 6 atom stereocenters. The largest absolute Gasteiger partial charge is 0.461 e. The van der Waals surface area contributed by atoms with Crippen molar-refractivity contribution in [2.75, 3.05) is 6.61 Å². The van der Waals surface area contributed by atoms with Gasteiger partial charge in [-0.2, -0.15) is 0 Å². The number of aliphatic hydroxyl groups is 4. The van der Waals surface area contributed by atoms with E-state index < -0.39 is 55.4 Å². The van der Waals surface area contributed by atoms with Gasteiger partial charge in [-0.25, -0.2) is 9.59 Å². The molecule has 0 unspecified atom stereocenters. The van der Waals surface area contributed by atoms with E-state index in [1.807, 2.05) is 6.07 Å². The minimum atomic E-state index is -1.73. The van der Waals surface area contributed by atoms with E-state index in [2.05, 4.69) is 5.32 Å². The number of carbonyl (C=O) groups excluding carboxylic acids is 2. The third-order valence-corrected chi connectivity index (χ3v) is 4.48. The molecule has 1 fully saturated rings. The van der Waals surface area contributed by atoms with Crippen LogP contribution in [0.5, 0.6) is 0 Å². The van der Waals surface area contributed by atoms with Crippen LogP contribution in [0.3, 0.4) is 0 Å². The van der Waals surface area contributed by atoms with Crippen molar-refractivity contribution >= 4 is 12.1 Å². The highest BCUT2D eigenvalue weighted by atomic mass is 16.7. The van der Waals surface area contributed by atoms with Crippen molar-refractivity contribution in [3.8, 4) is 0 Å². The van der Waals surface area contributed by atoms with E-state index in [0.717, 1.165) is 5.56 Å². The van der Waals surface area contributed by atoms with Gasteiger partial charge in [0.15, 0.2) is 6.29 Å². The summed E-state index contributed by atoms with van der Waals surface area (Å²) in [5.74, 6) is -1.13. The second-order valence-corrected chi connectivity index (χ2v) is 7.09. The first-order valence-electron chi connectivity index (χ1n) is 9.22. The zero-order valence-electron chi connectivity index (χ0n) is 16.2. The molecule has 1 amide bonds. The molecule has 0 spiro atoms. The SMILES string of the molecule is CC(C)[C@@H](NC(=O)OCc1ccccc1)C(=O)OC[C@H]1O[C@H](O)[C@H](O)[C@@H](O)[C@H]1O. The zero-order valence-corrected chi connectivity index (χ0v) is 16.2. The number of amides is 1. The molecule has 1 aliphatic rings. The first-order chi connectivity index (χ1) is 13.7. The standard InChI is InChI=1S/C19H27NO9/c1-10(2)13(20-19(26)28-8-11-6-4-3-5-7-11)17(24)27-9-12-14(21)15(22)16(23)18(25)29-12/h3-7,10,12-16,18,21-23,25H,8-9H2,1-2H3,(H,20,26)/t12-,13-,14+,15+,16-,18+/m1/s1. The zero-order chi connectivity index (χ0) is 21.6. The summed E-state index contributed by atoms with van der Waals surface area (Å²) in [6, 6.07) is 7.99. The first kappa shape index (κ1) is 23.0. The van der Waals surface area contributed by atoms with E-state index in [1.54, 1.807) is 38.1 Å². The summed E-state index contributed by atoms with van der Waals surface area (Å²) in [5, 5.41) is 40.9. The second-order valence-electron chi connectivity index (χ2n) is 7.09. The Kier molecular flexibility index (Phi) is 8.35. The lowest BCUT2D eigenvalue weighted by molar-refractivity contribution is -0.287. The lowest BCUT2D eigenvalue weighted by Crippen LogP contribution is -2.59. The topological polar surface area (TPSA) is 155 Å². The van der Waals surface area contributed by atoms with Crippen molar-refractivity contribution in [2.24, 2.45) is 5.92 Å². The maximum Gasteiger partial charge on any atom is 0.408 e. The van der Waals surface area contributed by atoms with Gasteiger partial charge in [0, 0.05) is 0 Å². The molecule has 1 aromatic carbocycles. The van der Waals surface area contributed by atoms with E-state index >= 15 is 0 Å². The maximum atomic E-state index is 12.4. The Morgan fingerprint density at radius 3 is 2.31 bits per heavy atom. The van der Waals surface area contributed by atoms with Gasteiger partial charge in [0.2, 0.25) is 0 Å². The van der Waals surface area contributed by atoms with Crippen LogP contribution in [-0.4, -0.2) is 75.8 Å². The molecule has 1 aromatic rings. The highest BCUT2D eigenvalue weighted by molar-refractivity contribution is 5.81. The molecule has 0 aromatic heterocycles. The van der Waals surface area contributed by atoms with Crippen LogP contribution >= 0.6 is 0 Å². The van der Waals surface area contributed by atoms with Crippen LogP contribution in [0, 0.1) is 5.92 Å². The summed E-state index contributed by atoms with van der Waals surface area (Å²) >= 11 is 0. The Hall–Kier alpha value is -2.24. The number of rotatable bonds is 7. The molecule has 10 nitrogen and oxygen atoms in total. The Morgan fingerprint density at radius 2 is 1.69 bits per heavy atom. The molecule has 162 valence electrons. The van der Waals surface area contributed by atoms with Crippen LogP contribution in [0.25, 0.3) is 0 Å². The Labute approximate surface area is 168 Å². The van der Waals surface area contributed by atoms with Gasteiger partial charge in [-0.05, 0) is 11.5 Å². The quantitative estimate of drug-likeness (QED) is 0.364. The van der Waals surface area contributed by atoms with Gasteiger partial charge in [-0.1, -0.05) is 44.2 Å². The molecule has 0 bridgehead atoms. The molecule has 1 saturated heterocycles. The van der Waals surface area contributed by atoms with Crippen LogP contribution in [-0.2, 0) is 25.6 Å². The number of nitrogens with one attached hydrogen (secondary N) is 1. The maximum absolute atomic E-state index is 12.4. The molecule has 10 heteroatoms. The van der Waals surface area contributed by atoms with E-state index in [0.29, 0.717) is 0 Å². The fourth-order valence-electron chi connectivity index (χ4n) is 2.71. The average Bonchev–Trinajstić information content (AvgIpc) is 2.70. The first-order valence-corrected chi connectivity index (χ1v) is 9.22. The van der Waals surface area contributed by atoms with Crippen molar-refractivity contribution in [3.05, 3.63) is 35.9 Å². The highest BCUT2D eigenvalue weighted by Crippen LogP contribution is 2.20. The van der Waals surface area contributed by atoms with E-state index in [-0.39, 0.29) is 12.5 Å². The van der Waals surface area contributed by atoms with Gasteiger partial charge < -0.3 is 40.0 Å². The Bertz CT molecular complexity index is 669. The molecule has 0 aliphatic carbocycles. The van der Waals surface area contributed by atoms with Gasteiger partial charge in [-0.3, -0.25) is 0 Å². The summed E-state index contributed by atoms with van der Waals surface area (Å²) in [5.41, 5.74) is 0.786. The monoisotopic (exact) mass is 413 g/mol. The summed E-state index contributed by atoms with van der Waals surface area (Å²) in [6.45, 7) is 2.93. The van der Waals surface area contributed by atoms with Gasteiger partial charge in [0.25, 0.3) is 0 Å². The third kappa shape index (κ3) is 6.38. The summed E-state index contributed by atoms with van der Waals surface area (Å²) in [7, 11) is 0. The summed E-state index contributed by atoms with van der Waals surface area (Å²) in [6.07, 6.45) is -8.68. The fourth-order valence-corrected chi connectivity index (χ4v) is 2.71. The number of benzene rings is 1. The number of alkyl carbamates (subject to hydrolysis) is 1. The summed E-state index contributed by atoms with van der Waals surface area (Å²) in [4.78, 5) is 24.4. The van der Waals surface area contributed by atoms with Crippen molar-refractivity contribution in [2.45, 2.75) is 57.2 Å². The number of carbonyl (C=O) groups is 2. The number of ether oxygens (including phenoxy) is 3. The Balaban J connectivity index is 1.86. The molecule has 29 heavy (non-hydrogen) atoms. The van der Waals surface area contributed by atoms with Crippen molar-refractivity contribution in [1.29, 1.82) is 0 Å². The molecule has 1 aliphatic heterocycles. The molecule has 5 N–H and O–H groups in total. The van der Waals surface area contributed by atoms with Gasteiger partial charge in [-0.15, -0.1) is 0 Å². The summed E-state index contributed by atoms with van der Waals surface area (Å²) < 4.78 is 15.1. The van der Waals surface area contributed by atoms with Gasteiger partial charge in [0.1, 0.15) is 43.7 Å². The predicted octanol–water partition coefficient (Wildman–Crippen LogP) is -0.719. The number of hydrogen-bond acceptors (Lipinski definition) is 9. The van der Waals surface area contributed by atoms with Crippen LogP contribution in [0.4, 0.5) is 4.79 Å². The highest BCUT2D eigenvalue weighted by Gasteiger charge is 2.43. The van der Waals surface area contributed by atoms with Crippen LogP contribution in [0.2, 0.25) is 0 Å². The molecular weight excluding hydrogens is 386 g/mol. The fraction of sp³-hybridized carbons (Fsp3) is 0.579. The molecule has 0 saturated carbocycles. The molecule has 0 radical (unpaired) electrons. The van der Waals surface area contributed by atoms with Crippen LogP contribution in [0.1, 0.15) is 19.4 Å². The van der Waals surface area contributed by atoms with E-state index in [9.17, 15) is 30.0 Å². The third-order valence-electron chi connectivity index (χ3n) is 4.48. The van der Waals surface area contributed by atoms with E-state index in [1.165, 1.54) is 0 Å². The number of aliphatic hydroxyl groups excluding tert-OH is 4. The molecule has 1 heterocycles. The van der Waals surface area contributed by atoms with Crippen molar-refractivity contribution in [3.63, 3.8) is 0 Å². The normalized spacial score (nSPS) is 27.9. The lowest BCUT2D eigenvalue weighted by Gasteiger charge is -2.38. The van der Waals surface area contributed by atoms with Crippen molar-refractivity contribution in [1.82, 2.24) is 5.32 Å². The smallest absolute Gasteiger partial charge is 0.408 e. The molecule has 2 rings (SSSR count). The van der Waals surface area contributed by atoms with Gasteiger partial charge >= 0.3 is 12.1 Å². The number of hydrogen-bond donors (Lipinski definition) is 5. The predicted molar refractivity (Wildman–Crippen MR) is 98.2 cm³/mol. The number of esters is 1. The lowest BCUT2D eigenvalue weighted by atomic mass is 9.99. The minimum Gasteiger partial charge on any atom is -0.461 e. The van der Waals surface area contributed by atoms with Gasteiger partial charge in [0.05, 0.1) is 0 Å². The van der Waals surface area contributed by atoms with Crippen molar-refractivity contribution < 1.29 is 44.2 Å². The van der Waals surface area contributed by atoms with Crippen LogP contribution < -0.4 is 5.32 Å². The minimum absolute atomic E-state index is 0.0345. The van der Waals surface area contributed by atoms with Crippen LogP contribution in [0.15, 0.2) is 30.3 Å². The molecular formula is C19H27NO9.